The fourth-order valence-corrected chi connectivity index (χ4v) is 4.63. The van der Waals surface area contributed by atoms with E-state index in [0.29, 0.717) is 28.3 Å². The van der Waals surface area contributed by atoms with Crippen LogP contribution in [-0.4, -0.2) is 14.8 Å². The molecule has 1 aliphatic rings. The molecule has 1 fully saturated rings. The monoisotopic (exact) mass is 367 g/mol. The summed E-state index contributed by atoms with van der Waals surface area (Å²) in [6.45, 7) is 4.29. The molecule has 130 valence electrons. The van der Waals surface area contributed by atoms with Crippen molar-refractivity contribution >= 4 is 23.4 Å². The zero-order valence-corrected chi connectivity index (χ0v) is 15.7. The SMILES string of the molecule is CC(C)c1nnc(SCc2c(F)cccc2Cl)n1C1CCCCC1. The molecular weight excluding hydrogens is 345 g/mol. The van der Waals surface area contributed by atoms with Gasteiger partial charge in [0.05, 0.1) is 0 Å². The number of benzene rings is 1. The third-order valence-corrected chi connectivity index (χ3v) is 5.88. The Balaban J connectivity index is 1.85. The van der Waals surface area contributed by atoms with Crippen molar-refractivity contribution in [1.29, 1.82) is 0 Å². The smallest absolute Gasteiger partial charge is 0.191 e. The Morgan fingerprint density at radius 3 is 2.67 bits per heavy atom. The topological polar surface area (TPSA) is 30.7 Å². The number of hydrogen-bond donors (Lipinski definition) is 0. The first-order chi connectivity index (χ1) is 11.6. The van der Waals surface area contributed by atoms with Gasteiger partial charge in [-0.3, -0.25) is 0 Å². The summed E-state index contributed by atoms with van der Waals surface area (Å²) in [5.41, 5.74) is 0.536. The first kappa shape index (κ1) is 17.7. The first-order valence-electron chi connectivity index (χ1n) is 8.58. The summed E-state index contributed by atoms with van der Waals surface area (Å²) in [6.07, 6.45) is 6.16. The van der Waals surface area contributed by atoms with Crippen LogP contribution in [0.3, 0.4) is 0 Å². The summed E-state index contributed by atoms with van der Waals surface area (Å²) in [7, 11) is 0. The fourth-order valence-electron chi connectivity index (χ4n) is 3.27. The Hall–Kier alpha value is -1.07. The van der Waals surface area contributed by atoms with E-state index in [4.69, 9.17) is 11.6 Å². The Bertz CT molecular complexity index is 675. The van der Waals surface area contributed by atoms with Crippen molar-refractivity contribution in [3.8, 4) is 0 Å². The largest absolute Gasteiger partial charge is 0.303 e. The molecule has 0 N–H and O–H groups in total. The van der Waals surface area contributed by atoms with E-state index in [-0.39, 0.29) is 5.82 Å². The summed E-state index contributed by atoms with van der Waals surface area (Å²) in [4.78, 5) is 0. The average molecular weight is 368 g/mol. The highest BCUT2D eigenvalue weighted by Crippen LogP contribution is 2.36. The van der Waals surface area contributed by atoms with Crippen LogP contribution < -0.4 is 0 Å². The van der Waals surface area contributed by atoms with Gasteiger partial charge in [0, 0.05) is 28.3 Å². The molecule has 0 aliphatic heterocycles. The first-order valence-corrected chi connectivity index (χ1v) is 9.94. The molecule has 1 aliphatic carbocycles. The summed E-state index contributed by atoms with van der Waals surface area (Å²) < 4.78 is 16.3. The van der Waals surface area contributed by atoms with Gasteiger partial charge >= 0.3 is 0 Å². The molecule has 0 radical (unpaired) electrons. The zero-order chi connectivity index (χ0) is 17.1. The molecule has 1 saturated carbocycles. The van der Waals surface area contributed by atoms with Crippen LogP contribution >= 0.6 is 23.4 Å². The minimum atomic E-state index is -0.261. The average Bonchev–Trinajstić information content (AvgIpc) is 2.99. The molecule has 1 aromatic carbocycles. The van der Waals surface area contributed by atoms with Gasteiger partial charge in [0.15, 0.2) is 5.16 Å². The predicted octanol–water partition coefficient (Wildman–Crippen LogP) is 5.99. The molecule has 1 heterocycles. The summed E-state index contributed by atoms with van der Waals surface area (Å²) in [6, 6.07) is 5.27. The van der Waals surface area contributed by atoms with Crippen LogP contribution in [0.15, 0.2) is 23.4 Å². The van der Waals surface area contributed by atoms with Crippen LogP contribution in [0.25, 0.3) is 0 Å². The van der Waals surface area contributed by atoms with E-state index in [1.807, 2.05) is 0 Å². The maximum Gasteiger partial charge on any atom is 0.191 e. The molecular formula is C18H23ClFN3S. The van der Waals surface area contributed by atoms with Gasteiger partial charge < -0.3 is 4.57 Å². The van der Waals surface area contributed by atoms with Crippen LogP contribution in [0.2, 0.25) is 5.02 Å². The van der Waals surface area contributed by atoms with E-state index in [1.165, 1.54) is 49.9 Å². The quantitative estimate of drug-likeness (QED) is 0.608. The molecule has 0 unspecified atom stereocenters. The minimum absolute atomic E-state index is 0.261. The van der Waals surface area contributed by atoms with E-state index in [2.05, 4.69) is 28.6 Å². The van der Waals surface area contributed by atoms with Crippen molar-refractivity contribution in [3.63, 3.8) is 0 Å². The molecule has 0 saturated heterocycles. The van der Waals surface area contributed by atoms with Gasteiger partial charge in [0.2, 0.25) is 0 Å². The van der Waals surface area contributed by atoms with Gasteiger partial charge in [-0.15, -0.1) is 10.2 Å². The number of rotatable bonds is 5. The van der Waals surface area contributed by atoms with Crippen LogP contribution in [0.5, 0.6) is 0 Å². The maximum atomic E-state index is 14.0. The Labute approximate surface area is 152 Å². The molecule has 0 atom stereocenters. The number of halogens is 2. The van der Waals surface area contributed by atoms with Crippen molar-refractivity contribution in [1.82, 2.24) is 14.8 Å². The van der Waals surface area contributed by atoms with E-state index >= 15 is 0 Å². The van der Waals surface area contributed by atoms with Crippen molar-refractivity contribution in [2.75, 3.05) is 0 Å². The molecule has 0 bridgehead atoms. The highest BCUT2D eigenvalue weighted by molar-refractivity contribution is 7.98. The van der Waals surface area contributed by atoms with Crippen LogP contribution in [0.4, 0.5) is 4.39 Å². The lowest BCUT2D eigenvalue weighted by Gasteiger charge is -2.26. The standard InChI is InChI=1S/C18H23ClFN3S/c1-12(2)17-21-22-18(23(17)13-7-4-3-5-8-13)24-11-14-15(19)9-6-10-16(14)20/h6,9-10,12-13H,3-5,7-8,11H2,1-2H3. The third-order valence-electron chi connectivity index (χ3n) is 4.55. The lowest BCUT2D eigenvalue weighted by Crippen LogP contribution is -2.17. The molecule has 0 spiro atoms. The van der Waals surface area contributed by atoms with Crippen molar-refractivity contribution in [2.24, 2.45) is 0 Å². The van der Waals surface area contributed by atoms with Crippen molar-refractivity contribution < 1.29 is 4.39 Å². The number of thioether (sulfide) groups is 1. The minimum Gasteiger partial charge on any atom is -0.303 e. The zero-order valence-electron chi connectivity index (χ0n) is 14.1. The Morgan fingerprint density at radius 2 is 2.00 bits per heavy atom. The van der Waals surface area contributed by atoms with Gasteiger partial charge in [-0.2, -0.15) is 0 Å². The highest BCUT2D eigenvalue weighted by Gasteiger charge is 2.24. The second-order valence-electron chi connectivity index (χ2n) is 6.65. The Kier molecular flexibility index (Phi) is 5.82. The van der Waals surface area contributed by atoms with Gasteiger partial charge in [-0.05, 0) is 25.0 Å². The molecule has 2 aromatic rings. The molecule has 6 heteroatoms. The van der Waals surface area contributed by atoms with Gasteiger partial charge in [-0.1, -0.05) is 62.5 Å². The van der Waals surface area contributed by atoms with Crippen LogP contribution in [0.1, 0.15) is 69.3 Å². The van der Waals surface area contributed by atoms with Gasteiger partial charge in [0.25, 0.3) is 0 Å². The molecule has 1 aromatic heterocycles. The fraction of sp³-hybridized carbons (Fsp3) is 0.556. The molecule has 3 rings (SSSR count). The van der Waals surface area contributed by atoms with Crippen LogP contribution in [0, 0.1) is 5.82 Å². The van der Waals surface area contributed by atoms with E-state index in [0.717, 1.165) is 11.0 Å². The number of hydrogen-bond acceptors (Lipinski definition) is 3. The lowest BCUT2D eigenvalue weighted by molar-refractivity contribution is 0.326. The second-order valence-corrected chi connectivity index (χ2v) is 8.00. The van der Waals surface area contributed by atoms with Gasteiger partial charge in [0.1, 0.15) is 11.6 Å². The molecule has 24 heavy (non-hydrogen) atoms. The lowest BCUT2D eigenvalue weighted by atomic mass is 9.95. The number of aromatic nitrogens is 3. The van der Waals surface area contributed by atoms with E-state index in [9.17, 15) is 4.39 Å². The van der Waals surface area contributed by atoms with E-state index < -0.39 is 0 Å². The molecule has 3 nitrogen and oxygen atoms in total. The summed E-state index contributed by atoms with van der Waals surface area (Å²) in [5, 5.41) is 10.2. The predicted molar refractivity (Wildman–Crippen MR) is 97.2 cm³/mol. The third kappa shape index (κ3) is 3.77. The summed E-state index contributed by atoms with van der Waals surface area (Å²) in [5.74, 6) is 1.56. The number of nitrogens with zero attached hydrogens (tertiary/aromatic N) is 3. The van der Waals surface area contributed by atoms with E-state index in [1.54, 1.807) is 12.1 Å². The van der Waals surface area contributed by atoms with Crippen molar-refractivity contribution in [2.45, 2.75) is 68.8 Å². The normalized spacial score (nSPS) is 16.0. The second kappa shape index (κ2) is 7.87. The Morgan fingerprint density at radius 1 is 1.25 bits per heavy atom. The maximum absolute atomic E-state index is 14.0. The highest BCUT2D eigenvalue weighted by atomic mass is 35.5. The van der Waals surface area contributed by atoms with Gasteiger partial charge in [-0.25, -0.2) is 4.39 Å². The molecule has 0 amide bonds. The van der Waals surface area contributed by atoms with Crippen LogP contribution in [-0.2, 0) is 5.75 Å². The van der Waals surface area contributed by atoms with Crippen molar-refractivity contribution in [3.05, 3.63) is 40.4 Å². The summed E-state index contributed by atoms with van der Waals surface area (Å²) >= 11 is 7.67.